The second-order valence-corrected chi connectivity index (χ2v) is 7.70. The minimum absolute atomic E-state index is 0.0170. The molecule has 1 N–H and O–H groups in total. The summed E-state index contributed by atoms with van der Waals surface area (Å²) in [5.74, 6) is 0.646. The molecule has 2 fully saturated rings. The number of rotatable bonds is 3. The topological polar surface area (TPSA) is 91.9 Å². The van der Waals surface area contributed by atoms with Crippen LogP contribution >= 0.6 is 11.3 Å². The third-order valence-corrected chi connectivity index (χ3v) is 6.16. The molecule has 0 radical (unpaired) electrons. The molecule has 9 heteroatoms. The Hall–Kier alpha value is -2.81. The Morgan fingerprint density at radius 3 is 2.74 bits per heavy atom. The number of nitrogens with zero attached hydrogens (tertiary/aromatic N) is 4. The number of aromatic nitrogens is 2. The summed E-state index contributed by atoms with van der Waals surface area (Å²) in [5.41, 5.74) is 2.19. The average molecular weight is 386 g/mol. The van der Waals surface area contributed by atoms with Gasteiger partial charge in [0.25, 0.3) is 6.01 Å². The molecule has 27 heavy (non-hydrogen) atoms. The molecule has 2 atom stereocenters. The summed E-state index contributed by atoms with van der Waals surface area (Å²) in [6.07, 6.45) is 2.67. The van der Waals surface area contributed by atoms with Crippen molar-refractivity contribution in [2.45, 2.75) is 24.9 Å². The molecule has 2 aromatic heterocycles. The van der Waals surface area contributed by atoms with Crippen LogP contribution in [-0.4, -0.2) is 58.4 Å². The van der Waals surface area contributed by atoms with Crippen molar-refractivity contribution in [2.24, 2.45) is 0 Å². The second-order valence-electron chi connectivity index (χ2n) is 6.81. The minimum atomic E-state index is -0.840. The van der Waals surface area contributed by atoms with Crippen LogP contribution < -0.4 is 9.64 Å². The van der Waals surface area contributed by atoms with Gasteiger partial charge in [-0.05, 0) is 25.0 Å². The van der Waals surface area contributed by atoms with Crippen LogP contribution in [0, 0.1) is 0 Å². The molecule has 140 valence electrons. The number of thiazole rings is 1. The van der Waals surface area contributed by atoms with Crippen LogP contribution in [0.5, 0.6) is 5.75 Å². The lowest BCUT2D eigenvalue weighted by atomic mass is 10.2. The van der Waals surface area contributed by atoms with Crippen molar-refractivity contribution in [3.63, 3.8) is 0 Å². The van der Waals surface area contributed by atoms with Gasteiger partial charge >= 0.3 is 6.09 Å². The largest absolute Gasteiger partial charge is 0.494 e. The number of carboxylic acid groups (broad SMARTS) is 1. The summed E-state index contributed by atoms with van der Waals surface area (Å²) in [6.45, 7) is 1.18. The maximum Gasteiger partial charge on any atom is 0.407 e. The monoisotopic (exact) mass is 386 g/mol. The molecule has 2 saturated heterocycles. The van der Waals surface area contributed by atoms with Gasteiger partial charge in [-0.15, -0.1) is 11.3 Å². The van der Waals surface area contributed by atoms with Gasteiger partial charge in [-0.2, -0.15) is 4.98 Å². The molecule has 2 unspecified atom stereocenters. The van der Waals surface area contributed by atoms with Gasteiger partial charge in [0.2, 0.25) is 0 Å². The van der Waals surface area contributed by atoms with Crippen LogP contribution in [0.3, 0.4) is 0 Å². The Morgan fingerprint density at radius 1 is 1.33 bits per heavy atom. The van der Waals surface area contributed by atoms with Crippen molar-refractivity contribution >= 4 is 34.5 Å². The van der Waals surface area contributed by atoms with E-state index in [9.17, 15) is 9.90 Å². The van der Waals surface area contributed by atoms with E-state index < -0.39 is 6.09 Å². The van der Waals surface area contributed by atoms with Crippen molar-refractivity contribution in [1.29, 1.82) is 0 Å². The second kappa shape index (κ2) is 6.12. The number of fused-ring (bicyclic) bond motifs is 3. The Labute approximate surface area is 159 Å². The Morgan fingerprint density at radius 2 is 2.11 bits per heavy atom. The summed E-state index contributed by atoms with van der Waals surface area (Å²) in [4.78, 5) is 24.2. The van der Waals surface area contributed by atoms with E-state index >= 15 is 0 Å². The van der Waals surface area contributed by atoms with Gasteiger partial charge in [0, 0.05) is 24.7 Å². The third-order valence-electron chi connectivity index (χ3n) is 5.35. The van der Waals surface area contributed by atoms with Crippen molar-refractivity contribution in [3.05, 3.63) is 23.7 Å². The number of amides is 1. The number of hydrogen-bond donors (Lipinski definition) is 1. The zero-order chi connectivity index (χ0) is 18.5. The molecule has 5 rings (SSSR count). The molecular formula is C18H18N4O4S. The van der Waals surface area contributed by atoms with E-state index in [-0.39, 0.29) is 12.1 Å². The maximum absolute atomic E-state index is 11.5. The third kappa shape index (κ3) is 2.53. The SMILES string of the molecule is COc1ccc(-c2nccs2)c2oc(N3CC4CCC(C3)N4C(=O)O)nc12. The highest BCUT2D eigenvalue weighted by Crippen LogP contribution is 2.39. The molecule has 2 aliphatic rings. The van der Waals surface area contributed by atoms with Gasteiger partial charge in [-0.3, -0.25) is 4.90 Å². The first-order valence-corrected chi connectivity index (χ1v) is 9.67. The van der Waals surface area contributed by atoms with E-state index in [2.05, 4.69) is 9.97 Å². The van der Waals surface area contributed by atoms with Crippen LogP contribution in [0.4, 0.5) is 10.8 Å². The van der Waals surface area contributed by atoms with E-state index in [0.717, 1.165) is 23.4 Å². The van der Waals surface area contributed by atoms with Crippen LogP contribution in [0.25, 0.3) is 21.7 Å². The van der Waals surface area contributed by atoms with Crippen molar-refractivity contribution in [1.82, 2.24) is 14.9 Å². The van der Waals surface area contributed by atoms with E-state index in [1.807, 2.05) is 22.4 Å². The zero-order valence-electron chi connectivity index (χ0n) is 14.7. The van der Waals surface area contributed by atoms with Gasteiger partial charge in [-0.25, -0.2) is 9.78 Å². The van der Waals surface area contributed by atoms with Crippen LogP contribution in [0.15, 0.2) is 28.1 Å². The van der Waals surface area contributed by atoms with Gasteiger partial charge in [0.15, 0.2) is 11.1 Å². The summed E-state index contributed by atoms with van der Waals surface area (Å²) in [7, 11) is 1.61. The van der Waals surface area contributed by atoms with Crippen LogP contribution in [0.2, 0.25) is 0 Å². The highest BCUT2D eigenvalue weighted by molar-refractivity contribution is 7.13. The lowest BCUT2D eigenvalue weighted by Crippen LogP contribution is -2.55. The van der Waals surface area contributed by atoms with Gasteiger partial charge < -0.3 is 19.2 Å². The van der Waals surface area contributed by atoms with Gasteiger partial charge in [0.05, 0.1) is 24.8 Å². The molecule has 0 aliphatic carbocycles. The fourth-order valence-electron chi connectivity index (χ4n) is 4.17. The molecule has 2 aliphatic heterocycles. The number of hydrogen-bond acceptors (Lipinski definition) is 7. The molecular weight excluding hydrogens is 368 g/mol. The van der Waals surface area contributed by atoms with Crippen molar-refractivity contribution in [3.8, 4) is 16.3 Å². The molecule has 0 spiro atoms. The van der Waals surface area contributed by atoms with Crippen molar-refractivity contribution in [2.75, 3.05) is 25.1 Å². The number of anilines is 1. The smallest absolute Gasteiger partial charge is 0.407 e. The van der Waals surface area contributed by atoms with E-state index in [4.69, 9.17) is 9.15 Å². The lowest BCUT2D eigenvalue weighted by Gasteiger charge is -2.38. The molecule has 0 saturated carbocycles. The quantitative estimate of drug-likeness (QED) is 0.738. The first-order valence-electron chi connectivity index (χ1n) is 8.79. The number of ether oxygens (including phenoxy) is 1. The number of carbonyl (C=O) groups is 1. The van der Waals surface area contributed by atoms with E-state index in [1.165, 1.54) is 11.3 Å². The zero-order valence-corrected chi connectivity index (χ0v) is 15.5. The lowest BCUT2D eigenvalue weighted by molar-refractivity contribution is 0.114. The predicted octanol–water partition coefficient (Wildman–Crippen LogP) is 3.29. The highest BCUT2D eigenvalue weighted by atomic mass is 32.1. The average Bonchev–Trinajstić information content (AvgIpc) is 3.39. The Balaban J connectivity index is 1.55. The van der Waals surface area contributed by atoms with Crippen LogP contribution in [0.1, 0.15) is 12.8 Å². The summed E-state index contributed by atoms with van der Waals surface area (Å²) in [5, 5.41) is 12.2. The summed E-state index contributed by atoms with van der Waals surface area (Å²) >= 11 is 1.54. The first-order chi connectivity index (χ1) is 13.2. The molecule has 3 aromatic rings. The van der Waals surface area contributed by atoms with Crippen molar-refractivity contribution < 1.29 is 19.1 Å². The van der Waals surface area contributed by atoms with E-state index in [0.29, 0.717) is 36.0 Å². The fraction of sp³-hybridized carbons (Fsp3) is 0.389. The maximum atomic E-state index is 11.5. The Kier molecular flexibility index (Phi) is 3.71. The fourth-order valence-corrected chi connectivity index (χ4v) is 4.83. The molecule has 1 amide bonds. The predicted molar refractivity (Wildman–Crippen MR) is 101 cm³/mol. The minimum Gasteiger partial charge on any atom is -0.494 e. The summed E-state index contributed by atoms with van der Waals surface area (Å²) < 4.78 is 11.6. The molecule has 8 nitrogen and oxygen atoms in total. The number of benzene rings is 1. The number of piperazine rings is 1. The highest BCUT2D eigenvalue weighted by Gasteiger charge is 2.43. The molecule has 4 heterocycles. The van der Waals surface area contributed by atoms with Gasteiger partial charge in [-0.1, -0.05) is 0 Å². The summed E-state index contributed by atoms with van der Waals surface area (Å²) in [6, 6.07) is 4.28. The van der Waals surface area contributed by atoms with Gasteiger partial charge in [0.1, 0.15) is 10.8 Å². The standard InChI is InChI=1S/C18H18N4O4S/c1-25-13-5-4-12(16-19-6-7-27-16)15-14(13)20-17(26-15)21-8-10-2-3-11(9-21)22(10)18(23)24/h4-7,10-11H,2-3,8-9H2,1H3,(H,23,24). The first kappa shape index (κ1) is 16.4. The number of oxazole rings is 1. The van der Waals surface area contributed by atoms with Crippen LogP contribution in [-0.2, 0) is 0 Å². The molecule has 1 aromatic carbocycles. The molecule has 2 bridgehead atoms. The normalized spacial score (nSPS) is 21.8. The van der Waals surface area contributed by atoms with E-state index in [1.54, 1.807) is 18.2 Å². The Bertz CT molecular complexity index is 988. The number of methoxy groups -OCH3 is 1.